The van der Waals surface area contributed by atoms with Crippen molar-refractivity contribution in [2.24, 2.45) is 0 Å². The average molecular weight is 414 g/mol. The van der Waals surface area contributed by atoms with Crippen LogP contribution in [-0.4, -0.2) is 34.3 Å². The van der Waals surface area contributed by atoms with Gasteiger partial charge >= 0.3 is 5.97 Å². The van der Waals surface area contributed by atoms with Crippen molar-refractivity contribution in [3.63, 3.8) is 0 Å². The lowest BCUT2D eigenvalue weighted by Gasteiger charge is -2.09. The second-order valence-corrected chi connectivity index (χ2v) is 7.52. The predicted molar refractivity (Wildman–Crippen MR) is 113 cm³/mol. The van der Waals surface area contributed by atoms with Crippen LogP contribution in [0.25, 0.3) is 21.9 Å². The Kier molecular flexibility index (Phi) is 6.03. The predicted octanol–water partition coefficient (Wildman–Crippen LogP) is 3.81. The number of hydrogen-bond donors (Lipinski definition) is 2. The van der Waals surface area contributed by atoms with E-state index in [4.69, 9.17) is 9.47 Å². The molecule has 2 N–H and O–H groups in total. The number of esters is 1. The smallest absolute Gasteiger partial charge is 0.341 e. The lowest BCUT2D eigenvalue weighted by molar-refractivity contribution is -0.136. The van der Waals surface area contributed by atoms with Crippen molar-refractivity contribution in [2.45, 2.75) is 27.7 Å². The molecule has 0 spiro atoms. The zero-order valence-electron chi connectivity index (χ0n) is 16.7. The average Bonchev–Trinajstić information content (AvgIpc) is 2.96. The van der Waals surface area contributed by atoms with Gasteiger partial charge in [-0.05, 0) is 57.0 Å². The zero-order valence-corrected chi connectivity index (χ0v) is 17.5. The number of ether oxygens (including phenoxy) is 2. The summed E-state index contributed by atoms with van der Waals surface area (Å²) in [4.78, 5) is 34.0. The van der Waals surface area contributed by atoms with Crippen LogP contribution in [0.1, 0.15) is 35.7 Å². The monoisotopic (exact) mass is 414 g/mol. The summed E-state index contributed by atoms with van der Waals surface area (Å²) in [6, 6.07) is 4.71. The first-order valence-corrected chi connectivity index (χ1v) is 10.0. The largest absolute Gasteiger partial charge is 0.504 e. The van der Waals surface area contributed by atoms with Crippen molar-refractivity contribution in [1.29, 1.82) is 0 Å². The van der Waals surface area contributed by atoms with Gasteiger partial charge in [0.1, 0.15) is 16.2 Å². The van der Waals surface area contributed by atoms with E-state index >= 15 is 0 Å². The molecular formula is C21H22N2O5S. The highest BCUT2D eigenvalue weighted by molar-refractivity contribution is 7.18. The Morgan fingerprint density at radius 3 is 2.72 bits per heavy atom. The summed E-state index contributed by atoms with van der Waals surface area (Å²) in [6.45, 7) is 7.87. The van der Waals surface area contributed by atoms with Crippen LogP contribution in [0.2, 0.25) is 0 Å². The van der Waals surface area contributed by atoms with E-state index in [1.807, 2.05) is 13.8 Å². The number of nitrogens with one attached hydrogen (secondary N) is 1. The third kappa shape index (κ3) is 4.17. The summed E-state index contributed by atoms with van der Waals surface area (Å²) in [5, 5.41) is 10.4. The Labute approximate surface area is 171 Å². The minimum absolute atomic E-state index is 0.000766. The Morgan fingerprint density at radius 1 is 1.28 bits per heavy atom. The number of phenols is 1. The van der Waals surface area contributed by atoms with Gasteiger partial charge < -0.3 is 19.6 Å². The highest BCUT2D eigenvalue weighted by Gasteiger charge is 2.20. The molecule has 29 heavy (non-hydrogen) atoms. The maximum absolute atomic E-state index is 12.6. The number of carbonyl (C=O) groups is 1. The number of carbonyl (C=O) groups excluding carboxylic acids is 1. The maximum atomic E-state index is 12.6. The van der Waals surface area contributed by atoms with Crippen LogP contribution in [-0.2, 0) is 9.53 Å². The van der Waals surface area contributed by atoms with E-state index in [-0.39, 0.29) is 29.3 Å². The molecule has 0 unspecified atom stereocenters. The standard InChI is InChI=1S/C21H22N2O5S/c1-5-27-16-10-13(7-8-15(16)24)9-14(21(26)28-6-2)18-22-19(25)17-11(3)12(4)29-20(17)23-18/h7-10,24H,5-6H2,1-4H3,(H,22,23,25)/b14-9-. The number of aromatic hydroxyl groups is 1. The van der Waals surface area contributed by atoms with Crippen LogP contribution < -0.4 is 10.3 Å². The summed E-state index contributed by atoms with van der Waals surface area (Å²) < 4.78 is 10.6. The number of phenolic OH excluding ortho intramolecular Hbond substituents is 1. The lowest BCUT2D eigenvalue weighted by Crippen LogP contribution is -2.15. The molecule has 0 bridgehead atoms. The van der Waals surface area contributed by atoms with E-state index < -0.39 is 5.97 Å². The minimum Gasteiger partial charge on any atom is -0.504 e. The van der Waals surface area contributed by atoms with E-state index in [2.05, 4.69) is 9.97 Å². The van der Waals surface area contributed by atoms with E-state index in [0.29, 0.717) is 28.1 Å². The van der Waals surface area contributed by atoms with Crippen molar-refractivity contribution in [1.82, 2.24) is 9.97 Å². The molecule has 0 amide bonds. The molecular weight excluding hydrogens is 392 g/mol. The number of thiophene rings is 1. The highest BCUT2D eigenvalue weighted by atomic mass is 32.1. The third-order valence-electron chi connectivity index (χ3n) is 4.38. The molecule has 0 saturated heterocycles. The molecule has 2 aromatic heterocycles. The summed E-state index contributed by atoms with van der Waals surface area (Å²) in [7, 11) is 0. The molecule has 0 fully saturated rings. The van der Waals surface area contributed by atoms with Crippen molar-refractivity contribution >= 4 is 39.2 Å². The van der Waals surface area contributed by atoms with Gasteiger partial charge in [0.2, 0.25) is 0 Å². The van der Waals surface area contributed by atoms with Crippen molar-refractivity contribution in [2.75, 3.05) is 13.2 Å². The molecule has 3 aromatic rings. The van der Waals surface area contributed by atoms with Crippen molar-refractivity contribution in [3.05, 3.63) is 50.4 Å². The molecule has 8 heteroatoms. The van der Waals surface area contributed by atoms with E-state index in [0.717, 1.165) is 10.4 Å². The number of nitrogens with zero attached hydrogens (tertiary/aromatic N) is 1. The molecule has 2 heterocycles. The number of benzene rings is 1. The van der Waals surface area contributed by atoms with Crippen LogP contribution >= 0.6 is 11.3 Å². The summed E-state index contributed by atoms with van der Waals surface area (Å²) >= 11 is 1.40. The first-order chi connectivity index (χ1) is 13.8. The van der Waals surface area contributed by atoms with Gasteiger partial charge in [0, 0.05) is 4.88 Å². The number of hydrogen-bond acceptors (Lipinski definition) is 7. The Bertz CT molecular complexity index is 1160. The van der Waals surface area contributed by atoms with Crippen LogP contribution in [0.15, 0.2) is 23.0 Å². The van der Waals surface area contributed by atoms with Gasteiger partial charge in [-0.2, -0.15) is 0 Å². The van der Waals surface area contributed by atoms with Gasteiger partial charge in [0.25, 0.3) is 5.56 Å². The van der Waals surface area contributed by atoms with Crippen LogP contribution in [0, 0.1) is 13.8 Å². The first-order valence-electron chi connectivity index (χ1n) is 9.20. The maximum Gasteiger partial charge on any atom is 0.341 e. The molecule has 3 rings (SSSR count). The topological polar surface area (TPSA) is 102 Å². The van der Waals surface area contributed by atoms with Gasteiger partial charge in [0.05, 0.1) is 18.6 Å². The van der Waals surface area contributed by atoms with Crippen molar-refractivity contribution < 1.29 is 19.4 Å². The quantitative estimate of drug-likeness (QED) is 0.470. The van der Waals surface area contributed by atoms with Gasteiger partial charge in [-0.15, -0.1) is 11.3 Å². The molecule has 0 aliphatic heterocycles. The first kappa shape index (κ1) is 20.6. The van der Waals surface area contributed by atoms with Gasteiger partial charge in [0.15, 0.2) is 11.5 Å². The van der Waals surface area contributed by atoms with Crippen LogP contribution in [0.5, 0.6) is 11.5 Å². The molecule has 0 radical (unpaired) electrons. The van der Waals surface area contributed by atoms with E-state index in [9.17, 15) is 14.7 Å². The summed E-state index contributed by atoms with van der Waals surface area (Å²) in [5.74, 6) is -0.177. The fourth-order valence-electron chi connectivity index (χ4n) is 2.87. The Hall–Kier alpha value is -3.13. The zero-order chi connectivity index (χ0) is 21.1. The Morgan fingerprint density at radius 2 is 2.03 bits per heavy atom. The van der Waals surface area contributed by atoms with Gasteiger partial charge in [-0.25, -0.2) is 9.78 Å². The number of rotatable bonds is 6. The summed E-state index contributed by atoms with van der Waals surface area (Å²) in [5.41, 5.74) is 1.29. The molecule has 152 valence electrons. The van der Waals surface area contributed by atoms with E-state index in [1.165, 1.54) is 17.4 Å². The number of aromatic nitrogens is 2. The third-order valence-corrected chi connectivity index (χ3v) is 5.49. The van der Waals surface area contributed by atoms with Crippen LogP contribution in [0.3, 0.4) is 0 Å². The number of fused-ring (bicyclic) bond motifs is 1. The molecule has 0 atom stereocenters. The van der Waals surface area contributed by atoms with Crippen LogP contribution in [0.4, 0.5) is 0 Å². The minimum atomic E-state index is -0.606. The highest BCUT2D eigenvalue weighted by Crippen LogP contribution is 2.30. The fourth-order valence-corrected chi connectivity index (χ4v) is 3.90. The summed E-state index contributed by atoms with van der Waals surface area (Å²) in [6.07, 6.45) is 1.55. The Balaban J connectivity index is 2.17. The molecule has 7 nitrogen and oxygen atoms in total. The molecule has 0 saturated carbocycles. The van der Waals surface area contributed by atoms with Crippen molar-refractivity contribution in [3.8, 4) is 11.5 Å². The number of aromatic amines is 1. The fraction of sp³-hybridized carbons (Fsp3) is 0.286. The lowest BCUT2D eigenvalue weighted by atomic mass is 10.1. The second-order valence-electron chi connectivity index (χ2n) is 6.32. The number of H-pyrrole nitrogens is 1. The SMILES string of the molecule is CCOC(=O)/C(=C\c1ccc(O)c(OCC)c1)c1nc2sc(C)c(C)c2c(=O)[nH]1. The van der Waals surface area contributed by atoms with Gasteiger partial charge in [-0.1, -0.05) is 6.07 Å². The molecule has 0 aliphatic carbocycles. The normalized spacial score (nSPS) is 11.7. The second kappa shape index (κ2) is 8.48. The van der Waals surface area contributed by atoms with Gasteiger partial charge in [-0.3, -0.25) is 4.79 Å². The number of aryl methyl sites for hydroxylation is 2. The molecule has 1 aromatic carbocycles. The molecule has 0 aliphatic rings. The van der Waals surface area contributed by atoms with E-state index in [1.54, 1.807) is 32.1 Å².